The topological polar surface area (TPSA) is 120 Å². The van der Waals surface area contributed by atoms with E-state index in [4.69, 9.17) is 5.73 Å². The summed E-state index contributed by atoms with van der Waals surface area (Å²) in [7, 11) is 3.92. The number of aromatic hydroxyl groups is 1. The first-order valence-corrected chi connectivity index (χ1v) is 8.19. The number of nitrogens with one attached hydrogen (secondary N) is 2. The Morgan fingerprint density at radius 1 is 1.19 bits per heavy atom. The molecule has 8 heteroatoms. The lowest BCUT2D eigenvalue weighted by Crippen LogP contribution is -2.12. The number of nitrogens with zero attached hydrogens (tertiary/aromatic N) is 3. The molecule has 5 N–H and O–H groups in total. The number of hydrogen-bond donors (Lipinski definition) is 4. The minimum atomic E-state index is -0.644. The van der Waals surface area contributed by atoms with Gasteiger partial charge in [0.2, 0.25) is 0 Å². The Morgan fingerprint density at radius 3 is 2.44 bits per heavy atom. The third-order valence-corrected chi connectivity index (χ3v) is 3.88. The molecule has 3 aromatic rings. The monoisotopic (exact) mass is 364 g/mol. The molecule has 0 unspecified atom stereocenters. The lowest BCUT2D eigenvalue weighted by Gasteiger charge is -2.13. The Morgan fingerprint density at radius 2 is 1.85 bits per heavy atom. The van der Waals surface area contributed by atoms with Gasteiger partial charge in [0.15, 0.2) is 5.82 Å². The summed E-state index contributed by atoms with van der Waals surface area (Å²) in [6.07, 6.45) is 1.54. The van der Waals surface area contributed by atoms with Crippen LogP contribution in [0.1, 0.15) is 15.9 Å². The predicted molar refractivity (Wildman–Crippen MR) is 107 cm³/mol. The van der Waals surface area contributed by atoms with Crippen LogP contribution in [0.15, 0.2) is 53.5 Å². The SMILES string of the molecule is CN(C)c1ccc(Nc2[nH]nc(N=Cc3ccc(O)cc3)c2C(N)=O)cc1. The van der Waals surface area contributed by atoms with Crippen LogP contribution in [0.2, 0.25) is 0 Å². The average molecular weight is 364 g/mol. The molecule has 1 heterocycles. The molecule has 0 spiro atoms. The number of anilines is 3. The number of phenolic OH excluding ortho intramolecular Hbond substituents is 1. The number of amides is 1. The van der Waals surface area contributed by atoms with Crippen molar-refractivity contribution in [3.8, 4) is 5.75 Å². The van der Waals surface area contributed by atoms with Gasteiger partial charge in [-0.05, 0) is 54.1 Å². The third kappa shape index (κ3) is 4.24. The number of nitrogens with two attached hydrogens (primary N) is 1. The lowest BCUT2D eigenvalue weighted by atomic mass is 10.2. The Kier molecular flexibility index (Phi) is 5.07. The second kappa shape index (κ2) is 7.61. The van der Waals surface area contributed by atoms with Gasteiger partial charge in [0.1, 0.15) is 17.1 Å². The molecule has 8 nitrogen and oxygen atoms in total. The molecular weight excluding hydrogens is 344 g/mol. The van der Waals surface area contributed by atoms with E-state index in [0.29, 0.717) is 5.82 Å². The van der Waals surface area contributed by atoms with Gasteiger partial charge >= 0.3 is 0 Å². The van der Waals surface area contributed by atoms with Crippen molar-refractivity contribution < 1.29 is 9.90 Å². The summed E-state index contributed by atoms with van der Waals surface area (Å²) in [6.45, 7) is 0. The van der Waals surface area contributed by atoms with Crippen molar-refractivity contribution in [1.29, 1.82) is 0 Å². The van der Waals surface area contributed by atoms with Crippen LogP contribution in [0, 0.1) is 0 Å². The largest absolute Gasteiger partial charge is 0.508 e. The van der Waals surface area contributed by atoms with E-state index >= 15 is 0 Å². The number of hydrogen-bond acceptors (Lipinski definition) is 6. The fraction of sp³-hybridized carbons (Fsp3) is 0.105. The van der Waals surface area contributed by atoms with Gasteiger partial charge in [-0.25, -0.2) is 4.99 Å². The highest BCUT2D eigenvalue weighted by molar-refractivity contribution is 6.03. The standard InChI is InChI=1S/C19H20N6O2/c1-25(2)14-7-5-13(6-8-14)22-19-16(17(20)27)18(23-24-19)21-11-12-3-9-15(26)10-4-12/h3-11,26H,1-2H3,(H2,20,27)(H2,22,23,24). The number of aromatic nitrogens is 2. The number of carbonyl (C=O) groups is 1. The minimum absolute atomic E-state index is 0.163. The zero-order valence-electron chi connectivity index (χ0n) is 15.0. The second-order valence-corrected chi connectivity index (χ2v) is 6.08. The van der Waals surface area contributed by atoms with E-state index in [1.807, 2.05) is 43.3 Å². The van der Waals surface area contributed by atoms with Crippen LogP contribution in [0.3, 0.4) is 0 Å². The molecule has 1 amide bonds. The van der Waals surface area contributed by atoms with Crippen molar-refractivity contribution in [2.75, 3.05) is 24.3 Å². The van der Waals surface area contributed by atoms with Crippen LogP contribution in [0.4, 0.5) is 23.0 Å². The van der Waals surface area contributed by atoms with E-state index in [2.05, 4.69) is 20.5 Å². The van der Waals surface area contributed by atoms with Gasteiger partial charge in [-0.1, -0.05) is 0 Å². The molecule has 0 aliphatic heterocycles. The molecular formula is C19H20N6O2. The number of benzene rings is 2. The smallest absolute Gasteiger partial charge is 0.256 e. The number of rotatable bonds is 6. The summed E-state index contributed by atoms with van der Waals surface area (Å²) in [4.78, 5) is 18.1. The van der Waals surface area contributed by atoms with Crippen LogP contribution in [-0.2, 0) is 0 Å². The van der Waals surface area contributed by atoms with Crippen LogP contribution >= 0.6 is 0 Å². The fourth-order valence-corrected chi connectivity index (χ4v) is 2.43. The minimum Gasteiger partial charge on any atom is -0.508 e. The van der Waals surface area contributed by atoms with E-state index < -0.39 is 5.91 Å². The highest BCUT2D eigenvalue weighted by Gasteiger charge is 2.18. The zero-order valence-corrected chi connectivity index (χ0v) is 15.0. The fourth-order valence-electron chi connectivity index (χ4n) is 2.43. The van der Waals surface area contributed by atoms with Gasteiger partial charge in [-0.2, -0.15) is 5.10 Å². The average Bonchev–Trinajstić information content (AvgIpc) is 3.04. The maximum atomic E-state index is 11.9. The van der Waals surface area contributed by atoms with E-state index in [9.17, 15) is 9.90 Å². The number of aromatic amines is 1. The van der Waals surface area contributed by atoms with Crippen LogP contribution < -0.4 is 16.0 Å². The summed E-state index contributed by atoms with van der Waals surface area (Å²) >= 11 is 0. The molecule has 138 valence electrons. The van der Waals surface area contributed by atoms with Crippen LogP contribution in [0.5, 0.6) is 5.75 Å². The summed E-state index contributed by atoms with van der Waals surface area (Å²) in [5.41, 5.74) is 8.27. The number of H-pyrrole nitrogens is 1. The van der Waals surface area contributed by atoms with Crippen LogP contribution in [-0.4, -0.2) is 41.5 Å². The molecule has 0 fully saturated rings. The van der Waals surface area contributed by atoms with Gasteiger partial charge in [-0.15, -0.1) is 0 Å². The Balaban J connectivity index is 1.84. The zero-order chi connectivity index (χ0) is 19.4. The van der Waals surface area contributed by atoms with Gasteiger partial charge in [0.05, 0.1) is 0 Å². The highest BCUT2D eigenvalue weighted by atomic mass is 16.3. The van der Waals surface area contributed by atoms with E-state index in [1.54, 1.807) is 24.3 Å². The van der Waals surface area contributed by atoms with Crippen molar-refractivity contribution in [1.82, 2.24) is 10.2 Å². The molecule has 27 heavy (non-hydrogen) atoms. The number of primary amides is 1. The van der Waals surface area contributed by atoms with Gasteiger partial charge in [0, 0.05) is 31.7 Å². The molecule has 0 aliphatic rings. The third-order valence-electron chi connectivity index (χ3n) is 3.88. The van der Waals surface area contributed by atoms with E-state index in [1.165, 1.54) is 6.21 Å². The first kappa shape index (κ1) is 18.0. The van der Waals surface area contributed by atoms with Crippen molar-refractivity contribution in [3.63, 3.8) is 0 Å². The van der Waals surface area contributed by atoms with Gasteiger partial charge in [0.25, 0.3) is 5.91 Å². The number of carbonyl (C=O) groups excluding carboxylic acids is 1. The summed E-state index contributed by atoms with van der Waals surface area (Å²) < 4.78 is 0. The van der Waals surface area contributed by atoms with Crippen LogP contribution in [0.25, 0.3) is 0 Å². The molecule has 0 radical (unpaired) electrons. The molecule has 0 saturated heterocycles. The molecule has 0 bridgehead atoms. The lowest BCUT2D eigenvalue weighted by molar-refractivity contribution is 0.100. The number of phenols is 1. The second-order valence-electron chi connectivity index (χ2n) is 6.08. The maximum Gasteiger partial charge on any atom is 0.256 e. The van der Waals surface area contributed by atoms with Crippen molar-refractivity contribution in [3.05, 3.63) is 59.7 Å². The van der Waals surface area contributed by atoms with E-state index in [-0.39, 0.29) is 17.1 Å². The molecule has 2 aromatic carbocycles. The van der Waals surface area contributed by atoms with Crippen molar-refractivity contribution in [2.45, 2.75) is 0 Å². The van der Waals surface area contributed by atoms with Gasteiger partial charge in [-0.3, -0.25) is 9.89 Å². The first-order chi connectivity index (χ1) is 12.9. The quantitative estimate of drug-likeness (QED) is 0.501. The van der Waals surface area contributed by atoms with Crippen molar-refractivity contribution in [2.24, 2.45) is 10.7 Å². The summed E-state index contributed by atoms with van der Waals surface area (Å²) in [5, 5.41) is 19.2. The van der Waals surface area contributed by atoms with E-state index in [0.717, 1.165) is 16.9 Å². The molecule has 0 saturated carbocycles. The summed E-state index contributed by atoms with van der Waals surface area (Å²) in [5.74, 6) is 0.0754. The Hall–Kier alpha value is -3.81. The molecule has 3 rings (SSSR count). The summed E-state index contributed by atoms with van der Waals surface area (Å²) in [6, 6.07) is 14.2. The maximum absolute atomic E-state index is 11.9. The normalized spacial score (nSPS) is 10.9. The predicted octanol–water partition coefficient (Wildman–Crippen LogP) is 2.77. The molecule has 1 aromatic heterocycles. The molecule has 0 atom stereocenters. The first-order valence-electron chi connectivity index (χ1n) is 8.19. The Bertz CT molecular complexity index is 959. The van der Waals surface area contributed by atoms with Crippen molar-refractivity contribution >= 4 is 35.1 Å². The Labute approximate surface area is 156 Å². The van der Waals surface area contributed by atoms with Gasteiger partial charge < -0.3 is 21.1 Å². The number of aliphatic imine (C=N–C) groups is 1. The highest BCUT2D eigenvalue weighted by Crippen LogP contribution is 2.27. The molecule has 0 aliphatic carbocycles.